The summed E-state index contributed by atoms with van der Waals surface area (Å²) in [6.07, 6.45) is 17.5. The Morgan fingerprint density at radius 3 is 2.18 bits per heavy atom. The van der Waals surface area contributed by atoms with Gasteiger partial charge in [-0.05, 0) is 169 Å². The molecule has 0 aromatic heterocycles. The molecule has 0 aliphatic heterocycles. The van der Waals surface area contributed by atoms with Crippen molar-refractivity contribution in [3.63, 3.8) is 0 Å². The molecule has 11 atom stereocenters. The molecule has 256 valence electrons. The van der Waals surface area contributed by atoms with Crippen molar-refractivity contribution in [2.75, 3.05) is 39.3 Å². The highest BCUT2D eigenvalue weighted by Crippen LogP contribution is 2.68. The maximum absolute atomic E-state index is 11.8. The van der Waals surface area contributed by atoms with E-state index >= 15 is 0 Å². The minimum absolute atomic E-state index is 0.146. The Kier molecular flexibility index (Phi) is 13.9. The van der Waals surface area contributed by atoms with Gasteiger partial charge in [-0.2, -0.15) is 0 Å². The zero-order valence-electron chi connectivity index (χ0n) is 28.9. The Labute approximate surface area is 270 Å². The number of aliphatic carboxylic acids is 1. The first-order chi connectivity index (χ1) is 21.1. The van der Waals surface area contributed by atoms with Gasteiger partial charge in [0.2, 0.25) is 0 Å². The molecule has 0 radical (unpaired) electrons. The second-order valence-corrected chi connectivity index (χ2v) is 16.3. The summed E-state index contributed by atoms with van der Waals surface area (Å²) in [6, 6.07) is 0.603. The molecule has 7 heteroatoms. The molecule has 1 unspecified atom stereocenters. The van der Waals surface area contributed by atoms with Crippen LogP contribution in [0, 0.1) is 52.3 Å². The van der Waals surface area contributed by atoms with Crippen LogP contribution in [0.1, 0.15) is 124 Å². The first-order valence-electron chi connectivity index (χ1n) is 18.9. The zero-order valence-corrected chi connectivity index (χ0v) is 28.9. The molecular weight excluding hydrogens is 548 g/mol. The van der Waals surface area contributed by atoms with Crippen LogP contribution in [0.15, 0.2) is 0 Å². The predicted octanol–water partition coefficient (Wildman–Crippen LogP) is 5.80. The SMILES string of the molecule is CC(CCC[C@@H](C)[C@H]1CC[C@H]2[C@@H]3[C@H](O)C[C@H]4C[C@@H](NCCCNCCCCNCCCN)CC[C@]4(C)[C@H]3CC[C@]12C)C(=O)O. The predicted molar refractivity (Wildman–Crippen MR) is 181 cm³/mol. The topological polar surface area (TPSA) is 120 Å². The third-order valence-corrected chi connectivity index (χ3v) is 13.6. The van der Waals surface area contributed by atoms with Crippen molar-refractivity contribution in [1.29, 1.82) is 0 Å². The molecule has 4 aliphatic rings. The van der Waals surface area contributed by atoms with Gasteiger partial charge in [0.05, 0.1) is 12.0 Å². The fourth-order valence-corrected chi connectivity index (χ4v) is 11.0. The Balaban J connectivity index is 1.20. The van der Waals surface area contributed by atoms with E-state index in [2.05, 4.69) is 36.7 Å². The third-order valence-electron chi connectivity index (χ3n) is 13.6. The van der Waals surface area contributed by atoms with Crippen molar-refractivity contribution in [2.24, 2.45) is 58.0 Å². The van der Waals surface area contributed by atoms with Crippen molar-refractivity contribution in [2.45, 2.75) is 136 Å². The number of carboxylic acid groups (broad SMARTS) is 1. The number of hydrogen-bond donors (Lipinski definition) is 6. The van der Waals surface area contributed by atoms with Crippen LogP contribution in [0.2, 0.25) is 0 Å². The average Bonchev–Trinajstić information content (AvgIpc) is 3.35. The molecule has 0 spiro atoms. The number of rotatable bonds is 19. The van der Waals surface area contributed by atoms with E-state index in [-0.39, 0.29) is 12.0 Å². The molecule has 0 aromatic carbocycles. The molecule has 0 heterocycles. The summed E-state index contributed by atoms with van der Waals surface area (Å²) in [5.74, 6) is 2.87. The van der Waals surface area contributed by atoms with Gasteiger partial charge in [0.1, 0.15) is 0 Å². The molecule has 7 nitrogen and oxygen atoms in total. The largest absolute Gasteiger partial charge is 0.481 e. The second kappa shape index (κ2) is 16.9. The Morgan fingerprint density at radius 2 is 1.48 bits per heavy atom. The van der Waals surface area contributed by atoms with Crippen LogP contribution < -0.4 is 21.7 Å². The van der Waals surface area contributed by atoms with E-state index in [1.54, 1.807) is 0 Å². The summed E-state index contributed by atoms with van der Waals surface area (Å²) in [4.78, 5) is 11.3. The van der Waals surface area contributed by atoms with Crippen LogP contribution in [0.4, 0.5) is 0 Å². The van der Waals surface area contributed by atoms with Crippen LogP contribution in [0.3, 0.4) is 0 Å². The minimum atomic E-state index is -0.663. The number of carbonyl (C=O) groups is 1. The number of nitrogens with two attached hydrogens (primary N) is 1. The van der Waals surface area contributed by atoms with Crippen molar-refractivity contribution in [1.82, 2.24) is 16.0 Å². The fourth-order valence-electron chi connectivity index (χ4n) is 11.0. The standard InChI is InChI=1S/C37H70N4O3/c1-26(10-7-11-27(2)35(43)44)30-12-13-31-34-32(15-17-37(30,31)4)36(3)16-14-29(24-28(36)25-33(34)42)41-23-9-22-40-20-6-5-19-39-21-8-18-38/h26-34,39-42H,5-25,38H2,1-4H3,(H,43,44)/t26-,27?,28-,29+,30-,31+,32+,33-,34+,36+,37-/m1/s1. The maximum atomic E-state index is 11.8. The van der Waals surface area contributed by atoms with Gasteiger partial charge in [-0.15, -0.1) is 0 Å². The first kappa shape index (κ1) is 36.1. The van der Waals surface area contributed by atoms with Gasteiger partial charge in [-0.3, -0.25) is 4.79 Å². The first-order valence-corrected chi connectivity index (χ1v) is 18.9. The van der Waals surface area contributed by atoms with Crippen LogP contribution in [0.25, 0.3) is 0 Å². The average molecular weight is 619 g/mol. The molecule has 4 rings (SSSR count). The molecule has 0 aromatic rings. The molecule has 0 saturated heterocycles. The van der Waals surface area contributed by atoms with Gasteiger partial charge in [0.25, 0.3) is 0 Å². The highest BCUT2D eigenvalue weighted by molar-refractivity contribution is 5.69. The van der Waals surface area contributed by atoms with Gasteiger partial charge in [0, 0.05) is 6.04 Å². The molecule has 7 N–H and O–H groups in total. The quantitative estimate of drug-likeness (QED) is 0.101. The summed E-state index contributed by atoms with van der Waals surface area (Å²) in [6.45, 7) is 15.6. The molecule has 0 bridgehead atoms. The van der Waals surface area contributed by atoms with E-state index in [0.29, 0.717) is 52.4 Å². The molecule has 4 aliphatic carbocycles. The van der Waals surface area contributed by atoms with Gasteiger partial charge in [-0.25, -0.2) is 0 Å². The summed E-state index contributed by atoms with van der Waals surface area (Å²) in [5, 5.41) is 32.0. The molecule has 0 amide bonds. The molecule has 4 saturated carbocycles. The number of nitrogens with one attached hydrogen (secondary N) is 3. The monoisotopic (exact) mass is 619 g/mol. The molecule has 4 fully saturated rings. The Hall–Kier alpha value is -0.730. The van der Waals surface area contributed by atoms with Gasteiger partial charge in [-0.1, -0.05) is 40.5 Å². The highest BCUT2D eigenvalue weighted by Gasteiger charge is 2.62. The van der Waals surface area contributed by atoms with Crippen molar-refractivity contribution < 1.29 is 15.0 Å². The van der Waals surface area contributed by atoms with Gasteiger partial charge in [0.15, 0.2) is 0 Å². The van der Waals surface area contributed by atoms with E-state index in [4.69, 9.17) is 5.73 Å². The lowest BCUT2D eigenvalue weighted by molar-refractivity contribution is -0.167. The number of unbranched alkanes of at least 4 members (excludes halogenated alkanes) is 1. The Morgan fingerprint density at radius 1 is 0.818 bits per heavy atom. The Bertz CT molecular complexity index is 874. The minimum Gasteiger partial charge on any atom is -0.481 e. The number of carboxylic acids is 1. The van der Waals surface area contributed by atoms with Crippen LogP contribution in [-0.4, -0.2) is 67.6 Å². The van der Waals surface area contributed by atoms with Crippen LogP contribution in [0.5, 0.6) is 0 Å². The van der Waals surface area contributed by atoms with E-state index < -0.39 is 5.97 Å². The van der Waals surface area contributed by atoms with E-state index in [1.807, 2.05) is 6.92 Å². The number of hydrogen-bond acceptors (Lipinski definition) is 6. The van der Waals surface area contributed by atoms with Crippen molar-refractivity contribution in [3.05, 3.63) is 0 Å². The molecular formula is C37H70N4O3. The highest BCUT2D eigenvalue weighted by atomic mass is 16.4. The van der Waals surface area contributed by atoms with E-state index in [0.717, 1.165) is 71.4 Å². The number of aliphatic hydroxyl groups is 1. The lowest BCUT2D eigenvalue weighted by Crippen LogP contribution is -2.59. The smallest absolute Gasteiger partial charge is 0.306 e. The summed E-state index contributed by atoms with van der Waals surface area (Å²) < 4.78 is 0. The lowest BCUT2D eigenvalue weighted by Gasteiger charge is -2.62. The normalized spacial score (nSPS) is 38.0. The third kappa shape index (κ3) is 8.59. The van der Waals surface area contributed by atoms with Crippen molar-refractivity contribution in [3.8, 4) is 0 Å². The second-order valence-electron chi connectivity index (χ2n) is 16.3. The maximum Gasteiger partial charge on any atom is 0.306 e. The number of aliphatic hydroxyl groups excluding tert-OH is 1. The van der Waals surface area contributed by atoms with Crippen LogP contribution in [-0.2, 0) is 4.79 Å². The summed E-state index contributed by atoms with van der Waals surface area (Å²) >= 11 is 0. The summed E-state index contributed by atoms with van der Waals surface area (Å²) in [5.41, 5.74) is 6.24. The summed E-state index contributed by atoms with van der Waals surface area (Å²) in [7, 11) is 0. The fraction of sp³-hybridized carbons (Fsp3) is 0.973. The van der Waals surface area contributed by atoms with Crippen LogP contribution >= 0.6 is 0 Å². The van der Waals surface area contributed by atoms with Gasteiger partial charge < -0.3 is 31.9 Å². The van der Waals surface area contributed by atoms with Crippen molar-refractivity contribution >= 4 is 5.97 Å². The van der Waals surface area contributed by atoms with E-state index in [9.17, 15) is 15.0 Å². The number of fused-ring (bicyclic) bond motifs is 5. The zero-order chi connectivity index (χ0) is 31.7. The lowest BCUT2D eigenvalue weighted by atomic mass is 9.43. The van der Waals surface area contributed by atoms with Gasteiger partial charge >= 0.3 is 5.97 Å². The van der Waals surface area contributed by atoms with E-state index in [1.165, 1.54) is 64.2 Å². The molecule has 44 heavy (non-hydrogen) atoms.